The average molecular weight is 404 g/mol. The predicted molar refractivity (Wildman–Crippen MR) is 108 cm³/mol. The minimum atomic E-state index is -0.622. The van der Waals surface area contributed by atoms with E-state index in [1.54, 1.807) is 19.9 Å². The van der Waals surface area contributed by atoms with Crippen LogP contribution in [0.3, 0.4) is 0 Å². The van der Waals surface area contributed by atoms with Crippen LogP contribution in [0.4, 0.5) is 11.5 Å². The standard InChI is InChI=1S/C18H24N6O5/c1-10(2)29-14-12(24(26)27)7-11(8-13(14)28-6)9-19-22-16-15(18(3,4)5)21-23-17(25)20-16/h7-10H,1-6H3,(H2,20,22,23,25)/b19-9+. The molecular formula is C18H24N6O5. The second-order valence-corrected chi connectivity index (χ2v) is 7.45. The lowest BCUT2D eigenvalue weighted by Crippen LogP contribution is -2.24. The maximum absolute atomic E-state index is 11.5. The van der Waals surface area contributed by atoms with E-state index in [0.29, 0.717) is 11.3 Å². The zero-order chi connectivity index (χ0) is 21.8. The molecule has 0 aliphatic carbocycles. The zero-order valence-electron chi connectivity index (χ0n) is 17.1. The molecule has 0 atom stereocenters. The van der Waals surface area contributed by atoms with E-state index in [2.05, 4.69) is 25.7 Å². The smallest absolute Gasteiger partial charge is 0.363 e. The highest BCUT2D eigenvalue weighted by molar-refractivity contribution is 5.83. The number of hydrogen-bond donors (Lipinski definition) is 2. The van der Waals surface area contributed by atoms with Gasteiger partial charge in [0.2, 0.25) is 5.75 Å². The number of nitrogens with one attached hydrogen (secondary N) is 2. The molecule has 1 aromatic carbocycles. The maximum atomic E-state index is 11.5. The molecular weight excluding hydrogens is 380 g/mol. The van der Waals surface area contributed by atoms with Crippen molar-refractivity contribution in [2.24, 2.45) is 5.10 Å². The molecule has 11 heteroatoms. The summed E-state index contributed by atoms with van der Waals surface area (Å²) in [7, 11) is 1.40. The molecule has 0 amide bonds. The Bertz CT molecular complexity index is 978. The summed E-state index contributed by atoms with van der Waals surface area (Å²) in [6.45, 7) is 9.25. The Labute approximate surface area is 167 Å². The molecule has 0 radical (unpaired) electrons. The second kappa shape index (κ2) is 8.67. The normalized spacial score (nSPS) is 11.7. The van der Waals surface area contributed by atoms with Crippen molar-refractivity contribution < 1.29 is 14.4 Å². The molecule has 11 nitrogen and oxygen atoms in total. The Kier molecular flexibility index (Phi) is 6.52. The summed E-state index contributed by atoms with van der Waals surface area (Å²) in [6.07, 6.45) is 1.08. The number of aromatic amines is 1. The summed E-state index contributed by atoms with van der Waals surface area (Å²) in [5.74, 6) is 0.451. The Hall–Kier alpha value is -3.50. The van der Waals surface area contributed by atoms with Crippen LogP contribution in [0.5, 0.6) is 11.5 Å². The number of anilines is 1. The van der Waals surface area contributed by atoms with Crippen molar-refractivity contribution in [1.82, 2.24) is 15.2 Å². The predicted octanol–water partition coefficient (Wildman–Crippen LogP) is 2.61. The first-order chi connectivity index (χ1) is 13.5. The largest absolute Gasteiger partial charge is 0.493 e. The third-order valence-electron chi connectivity index (χ3n) is 3.62. The number of rotatable bonds is 7. The summed E-state index contributed by atoms with van der Waals surface area (Å²) in [4.78, 5) is 26.3. The summed E-state index contributed by atoms with van der Waals surface area (Å²) in [5, 5.41) is 21.8. The summed E-state index contributed by atoms with van der Waals surface area (Å²) in [5.41, 5.74) is 2.32. The van der Waals surface area contributed by atoms with E-state index in [-0.39, 0.29) is 29.1 Å². The van der Waals surface area contributed by atoms with Crippen molar-refractivity contribution in [2.75, 3.05) is 12.5 Å². The highest BCUT2D eigenvalue weighted by Crippen LogP contribution is 2.38. The van der Waals surface area contributed by atoms with Crippen LogP contribution < -0.4 is 20.6 Å². The number of hydrazone groups is 1. The van der Waals surface area contributed by atoms with Gasteiger partial charge in [-0.25, -0.2) is 9.89 Å². The van der Waals surface area contributed by atoms with Gasteiger partial charge in [0, 0.05) is 17.0 Å². The summed E-state index contributed by atoms with van der Waals surface area (Å²) < 4.78 is 10.8. The maximum Gasteiger partial charge on any atom is 0.363 e. The van der Waals surface area contributed by atoms with Crippen LogP contribution >= 0.6 is 0 Å². The molecule has 0 fully saturated rings. The molecule has 29 heavy (non-hydrogen) atoms. The van der Waals surface area contributed by atoms with Gasteiger partial charge in [-0.3, -0.25) is 15.5 Å². The van der Waals surface area contributed by atoms with Crippen molar-refractivity contribution in [3.63, 3.8) is 0 Å². The fourth-order valence-corrected chi connectivity index (χ4v) is 2.43. The van der Waals surface area contributed by atoms with Gasteiger partial charge in [0.15, 0.2) is 11.6 Å². The van der Waals surface area contributed by atoms with Crippen molar-refractivity contribution in [2.45, 2.75) is 46.1 Å². The minimum Gasteiger partial charge on any atom is -0.493 e. The van der Waals surface area contributed by atoms with Crippen LogP contribution in [0, 0.1) is 10.1 Å². The molecule has 2 N–H and O–H groups in total. The van der Waals surface area contributed by atoms with Crippen LogP contribution in [0.2, 0.25) is 0 Å². The topological polar surface area (TPSA) is 145 Å². The van der Waals surface area contributed by atoms with Gasteiger partial charge in [-0.2, -0.15) is 15.2 Å². The second-order valence-electron chi connectivity index (χ2n) is 7.45. The number of hydrogen-bond acceptors (Lipinski definition) is 9. The number of H-pyrrole nitrogens is 1. The highest BCUT2D eigenvalue weighted by atomic mass is 16.6. The quantitative estimate of drug-likeness (QED) is 0.407. The highest BCUT2D eigenvalue weighted by Gasteiger charge is 2.24. The number of nitrogens with zero attached hydrogens (tertiary/aromatic N) is 4. The third-order valence-corrected chi connectivity index (χ3v) is 3.62. The number of benzene rings is 1. The van der Waals surface area contributed by atoms with Crippen molar-refractivity contribution in [1.29, 1.82) is 0 Å². The minimum absolute atomic E-state index is 0.0492. The van der Waals surface area contributed by atoms with Crippen LogP contribution in [0.15, 0.2) is 22.0 Å². The number of aromatic nitrogens is 3. The third kappa shape index (κ3) is 5.50. The van der Waals surface area contributed by atoms with Gasteiger partial charge < -0.3 is 9.47 Å². The van der Waals surface area contributed by atoms with E-state index in [1.165, 1.54) is 19.4 Å². The van der Waals surface area contributed by atoms with Gasteiger partial charge in [0.1, 0.15) is 5.69 Å². The molecule has 2 rings (SSSR count). The fourth-order valence-electron chi connectivity index (χ4n) is 2.43. The van der Waals surface area contributed by atoms with Gasteiger partial charge in [-0.1, -0.05) is 20.8 Å². The van der Waals surface area contributed by atoms with Crippen LogP contribution in [-0.4, -0.2) is 39.5 Å². The molecule has 0 saturated carbocycles. The molecule has 156 valence electrons. The molecule has 0 unspecified atom stereocenters. The Morgan fingerprint density at radius 3 is 2.59 bits per heavy atom. The molecule has 0 bridgehead atoms. The number of methoxy groups -OCH3 is 1. The average Bonchev–Trinajstić information content (AvgIpc) is 2.60. The van der Waals surface area contributed by atoms with Crippen LogP contribution in [0.25, 0.3) is 0 Å². The van der Waals surface area contributed by atoms with Crippen molar-refractivity contribution >= 4 is 17.7 Å². The van der Waals surface area contributed by atoms with Gasteiger partial charge in [0.05, 0.1) is 24.4 Å². The first-order valence-electron chi connectivity index (χ1n) is 8.82. The molecule has 0 aliphatic heterocycles. The molecule has 1 heterocycles. The van der Waals surface area contributed by atoms with E-state index in [9.17, 15) is 14.9 Å². The van der Waals surface area contributed by atoms with Crippen LogP contribution in [0.1, 0.15) is 45.9 Å². The summed E-state index contributed by atoms with van der Waals surface area (Å²) in [6, 6.07) is 2.88. The van der Waals surface area contributed by atoms with Gasteiger partial charge in [-0.05, 0) is 19.9 Å². The summed E-state index contributed by atoms with van der Waals surface area (Å²) >= 11 is 0. The zero-order valence-corrected chi connectivity index (χ0v) is 17.1. The Morgan fingerprint density at radius 1 is 1.34 bits per heavy atom. The number of nitro benzene ring substituents is 1. The monoisotopic (exact) mass is 404 g/mol. The SMILES string of the molecule is COc1cc(/C=N/Nc2nc(=O)[nH]nc2C(C)(C)C)cc([N+](=O)[O-])c1OC(C)C. The Morgan fingerprint density at radius 2 is 2.03 bits per heavy atom. The lowest BCUT2D eigenvalue weighted by atomic mass is 9.92. The van der Waals surface area contributed by atoms with Crippen LogP contribution in [-0.2, 0) is 5.41 Å². The van der Waals surface area contributed by atoms with E-state index in [1.807, 2.05) is 20.8 Å². The first kappa shape index (κ1) is 21.8. The molecule has 0 spiro atoms. The molecule has 0 aliphatic rings. The number of ether oxygens (including phenoxy) is 2. The van der Waals surface area contributed by atoms with Gasteiger partial charge in [-0.15, -0.1) is 0 Å². The lowest BCUT2D eigenvalue weighted by molar-refractivity contribution is -0.386. The van der Waals surface area contributed by atoms with E-state index < -0.39 is 16.0 Å². The fraction of sp³-hybridized carbons (Fsp3) is 0.444. The van der Waals surface area contributed by atoms with Crippen molar-refractivity contribution in [3.8, 4) is 11.5 Å². The lowest BCUT2D eigenvalue weighted by Gasteiger charge is -2.18. The Balaban J connectivity index is 2.39. The molecule has 0 saturated heterocycles. The number of nitro groups is 1. The first-order valence-corrected chi connectivity index (χ1v) is 8.82. The van der Waals surface area contributed by atoms with E-state index in [4.69, 9.17) is 9.47 Å². The molecule has 1 aromatic heterocycles. The van der Waals surface area contributed by atoms with Gasteiger partial charge >= 0.3 is 11.4 Å². The van der Waals surface area contributed by atoms with Gasteiger partial charge in [0.25, 0.3) is 0 Å². The van der Waals surface area contributed by atoms with Crippen molar-refractivity contribution in [3.05, 3.63) is 44.0 Å². The van der Waals surface area contributed by atoms with E-state index >= 15 is 0 Å². The van der Waals surface area contributed by atoms with E-state index in [0.717, 1.165) is 0 Å². The molecule has 2 aromatic rings.